The van der Waals surface area contributed by atoms with Gasteiger partial charge in [0.25, 0.3) is 5.91 Å². The van der Waals surface area contributed by atoms with Crippen molar-refractivity contribution >= 4 is 34.6 Å². The SMILES string of the molecule is CN1C(=O)C(CC(=O)Nc2n[nH]c3c(C(F)(F)F)cccc23)N(C)C1=O. The van der Waals surface area contributed by atoms with Gasteiger partial charge in [0.2, 0.25) is 5.91 Å². The number of alkyl halides is 3. The summed E-state index contributed by atoms with van der Waals surface area (Å²) in [5.74, 6) is -1.26. The molecule has 1 saturated heterocycles. The number of fused-ring (bicyclic) bond motifs is 1. The number of rotatable bonds is 3. The third-order valence-corrected chi connectivity index (χ3v) is 4.21. The monoisotopic (exact) mass is 369 g/mol. The van der Waals surface area contributed by atoms with Crippen LogP contribution in [0.2, 0.25) is 0 Å². The molecule has 1 fully saturated rings. The number of aromatic nitrogens is 2. The van der Waals surface area contributed by atoms with Gasteiger partial charge >= 0.3 is 12.2 Å². The smallest absolute Gasteiger partial charge is 0.315 e. The first-order valence-corrected chi connectivity index (χ1v) is 7.49. The molecular weight excluding hydrogens is 355 g/mol. The number of carbonyl (C=O) groups excluding carboxylic acids is 3. The molecule has 0 radical (unpaired) electrons. The molecule has 1 unspecified atom stereocenters. The summed E-state index contributed by atoms with van der Waals surface area (Å²) in [6, 6.07) is 1.99. The van der Waals surface area contributed by atoms with Crippen LogP contribution < -0.4 is 5.32 Å². The van der Waals surface area contributed by atoms with E-state index < -0.39 is 35.6 Å². The lowest BCUT2D eigenvalue weighted by Gasteiger charge is -2.15. The van der Waals surface area contributed by atoms with Crippen LogP contribution in [0.25, 0.3) is 10.9 Å². The van der Waals surface area contributed by atoms with Crippen molar-refractivity contribution < 1.29 is 27.6 Å². The predicted octanol–water partition coefficient (Wildman–Crippen LogP) is 1.80. The quantitative estimate of drug-likeness (QED) is 0.806. The largest absolute Gasteiger partial charge is 0.418 e. The van der Waals surface area contributed by atoms with E-state index in [2.05, 4.69) is 15.5 Å². The highest BCUT2D eigenvalue weighted by atomic mass is 19.4. The lowest BCUT2D eigenvalue weighted by atomic mass is 10.1. The Hall–Kier alpha value is -3.11. The van der Waals surface area contributed by atoms with Crippen molar-refractivity contribution in [2.45, 2.75) is 18.6 Å². The molecule has 11 heteroatoms. The van der Waals surface area contributed by atoms with Gasteiger partial charge in [0.15, 0.2) is 5.82 Å². The zero-order chi connectivity index (χ0) is 19.2. The second-order valence-electron chi connectivity index (χ2n) is 5.86. The van der Waals surface area contributed by atoms with Crippen LogP contribution in [0.1, 0.15) is 12.0 Å². The van der Waals surface area contributed by atoms with Crippen molar-refractivity contribution in [3.05, 3.63) is 23.8 Å². The summed E-state index contributed by atoms with van der Waals surface area (Å²) in [5, 5.41) is 8.46. The van der Waals surface area contributed by atoms with Crippen LogP contribution >= 0.6 is 0 Å². The highest BCUT2D eigenvalue weighted by Crippen LogP contribution is 2.35. The van der Waals surface area contributed by atoms with Gasteiger partial charge in [-0.1, -0.05) is 6.07 Å². The molecule has 2 heterocycles. The first kappa shape index (κ1) is 17.7. The minimum absolute atomic E-state index is 0.0797. The van der Waals surface area contributed by atoms with Crippen LogP contribution in [0, 0.1) is 0 Å². The van der Waals surface area contributed by atoms with Crippen LogP contribution in [0.5, 0.6) is 0 Å². The topological polar surface area (TPSA) is 98.4 Å². The van der Waals surface area contributed by atoms with E-state index >= 15 is 0 Å². The second-order valence-corrected chi connectivity index (χ2v) is 5.86. The summed E-state index contributed by atoms with van der Waals surface area (Å²) in [6.45, 7) is 0. The molecule has 8 nitrogen and oxygen atoms in total. The van der Waals surface area contributed by atoms with Gasteiger partial charge in [-0.15, -0.1) is 0 Å². The van der Waals surface area contributed by atoms with E-state index in [4.69, 9.17) is 0 Å². The van der Waals surface area contributed by atoms with Gasteiger partial charge in [-0.25, -0.2) is 4.79 Å². The Morgan fingerprint density at radius 3 is 2.58 bits per heavy atom. The lowest BCUT2D eigenvalue weighted by molar-refractivity contribution is -0.136. The number of nitrogens with one attached hydrogen (secondary N) is 2. The van der Waals surface area contributed by atoms with Crippen molar-refractivity contribution in [3.8, 4) is 0 Å². The maximum atomic E-state index is 13.0. The molecule has 4 amide bonds. The van der Waals surface area contributed by atoms with Gasteiger partial charge in [0.05, 0.1) is 17.5 Å². The van der Waals surface area contributed by atoms with E-state index in [1.807, 2.05) is 0 Å². The number of H-pyrrole nitrogens is 1. The van der Waals surface area contributed by atoms with E-state index in [0.717, 1.165) is 15.9 Å². The molecule has 0 spiro atoms. The normalized spacial score (nSPS) is 18.1. The number of carbonyl (C=O) groups is 3. The van der Waals surface area contributed by atoms with Crippen LogP contribution in [-0.4, -0.2) is 58.0 Å². The zero-order valence-corrected chi connectivity index (χ0v) is 13.7. The van der Waals surface area contributed by atoms with Gasteiger partial charge in [0.1, 0.15) is 6.04 Å². The fraction of sp³-hybridized carbons (Fsp3) is 0.333. The number of imide groups is 1. The Morgan fingerprint density at radius 2 is 2.00 bits per heavy atom. The molecule has 3 rings (SSSR count). The van der Waals surface area contributed by atoms with E-state index in [1.165, 1.54) is 26.2 Å². The van der Waals surface area contributed by atoms with Gasteiger partial charge in [-0.05, 0) is 12.1 Å². The molecular formula is C15H14F3N5O3. The summed E-state index contributed by atoms with van der Waals surface area (Å²) >= 11 is 0. The van der Waals surface area contributed by atoms with Crippen LogP contribution in [0.4, 0.5) is 23.8 Å². The molecule has 26 heavy (non-hydrogen) atoms. The summed E-state index contributed by atoms with van der Waals surface area (Å²) in [6.07, 6.45) is -4.91. The standard InChI is InChI=1S/C15H14F3N5O3/c1-22-9(13(25)23(2)14(22)26)6-10(24)19-12-7-4-3-5-8(15(16,17)18)11(7)20-21-12/h3-5,9H,6H2,1-2H3,(H2,19,20,21,24). The summed E-state index contributed by atoms with van der Waals surface area (Å²) in [4.78, 5) is 37.9. The number of benzene rings is 1. The number of likely N-dealkylation sites (N-methyl/N-ethyl adjacent to an activating group) is 2. The van der Waals surface area contributed by atoms with Crippen molar-refractivity contribution in [1.29, 1.82) is 0 Å². The molecule has 138 valence electrons. The third kappa shape index (κ3) is 2.85. The van der Waals surface area contributed by atoms with Crippen LogP contribution in [0.15, 0.2) is 18.2 Å². The van der Waals surface area contributed by atoms with Crippen molar-refractivity contribution in [3.63, 3.8) is 0 Å². The Bertz CT molecular complexity index is 908. The average molecular weight is 369 g/mol. The number of halogens is 3. The van der Waals surface area contributed by atoms with Gasteiger partial charge in [-0.2, -0.15) is 18.3 Å². The Morgan fingerprint density at radius 1 is 1.31 bits per heavy atom. The predicted molar refractivity (Wildman–Crippen MR) is 84.1 cm³/mol. The zero-order valence-electron chi connectivity index (χ0n) is 13.7. The fourth-order valence-electron chi connectivity index (χ4n) is 2.81. The molecule has 1 aromatic carbocycles. The van der Waals surface area contributed by atoms with E-state index in [0.29, 0.717) is 0 Å². The first-order valence-electron chi connectivity index (χ1n) is 7.49. The Labute approximate surface area is 144 Å². The van der Waals surface area contributed by atoms with Crippen molar-refractivity contribution in [1.82, 2.24) is 20.0 Å². The molecule has 2 aromatic rings. The van der Waals surface area contributed by atoms with Crippen molar-refractivity contribution in [2.75, 3.05) is 19.4 Å². The molecule has 0 saturated carbocycles. The van der Waals surface area contributed by atoms with Gasteiger partial charge in [-0.3, -0.25) is 19.6 Å². The number of anilines is 1. The summed E-state index contributed by atoms with van der Waals surface area (Å²) in [7, 11) is 2.69. The van der Waals surface area contributed by atoms with Crippen LogP contribution in [0.3, 0.4) is 0 Å². The fourth-order valence-corrected chi connectivity index (χ4v) is 2.81. The molecule has 0 bridgehead atoms. The molecule has 1 aromatic heterocycles. The number of aromatic amines is 1. The highest BCUT2D eigenvalue weighted by molar-refractivity contribution is 6.07. The summed E-state index contributed by atoms with van der Waals surface area (Å²) < 4.78 is 39.0. The maximum absolute atomic E-state index is 13.0. The molecule has 2 N–H and O–H groups in total. The van der Waals surface area contributed by atoms with Crippen LogP contribution in [-0.2, 0) is 15.8 Å². The molecule has 1 atom stereocenters. The first-order chi connectivity index (χ1) is 12.1. The number of para-hydroxylation sites is 1. The van der Waals surface area contributed by atoms with Gasteiger partial charge in [0, 0.05) is 19.5 Å². The minimum Gasteiger partial charge on any atom is -0.315 e. The van der Waals surface area contributed by atoms with E-state index in [-0.39, 0.29) is 23.1 Å². The number of hydrogen-bond acceptors (Lipinski definition) is 4. The Kier molecular flexibility index (Phi) is 4.09. The third-order valence-electron chi connectivity index (χ3n) is 4.21. The molecule has 0 aliphatic carbocycles. The minimum atomic E-state index is -4.57. The number of urea groups is 1. The number of amides is 4. The molecule has 1 aliphatic rings. The number of nitrogens with zero attached hydrogens (tertiary/aromatic N) is 3. The van der Waals surface area contributed by atoms with Crippen molar-refractivity contribution in [2.24, 2.45) is 0 Å². The number of hydrogen-bond donors (Lipinski definition) is 2. The second kappa shape index (κ2) is 6.00. The van der Waals surface area contributed by atoms with E-state index in [1.54, 1.807) is 0 Å². The maximum Gasteiger partial charge on any atom is 0.418 e. The Balaban J connectivity index is 1.81. The van der Waals surface area contributed by atoms with Gasteiger partial charge < -0.3 is 10.2 Å². The molecule has 1 aliphatic heterocycles. The lowest BCUT2D eigenvalue weighted by Crippen LogP contribution is -2.35. The summed E-state index contributed by atoms with van der Waals surface area (Å²) in [5.41, 5.74) is -1.15. The van der Waals surface area contributed by atoms with E-state index in [9.17, 15) is 27.6 Å². The highest BCUT2D eigenvalue weighted by Gasteiger charge is 2.42. The average Bonchev–Trinajstić information content (AvgIpc) is 3.05.